The molecule has 73 valence electrons. The van der Waals surface area contributed by atoms with E-state index in [9.17, 15) is 4.79 Å². The lowest BCUT2D eigenvalue weighted by Gasteiger charge is -2.00. The van der Waals surface area contributed by atoms with Gasteiger partial charge in [-0.15, -0.1) is 0 Å². The molecule has 0 unspecified atom stereocenters. The molecule has 0 spiro atoms. The minimum Gasteiger partial charge on any atom is -0.359 e. The molecular weight excluding hydrogens is 180 g/mol. The van der Waals surface area contributed by atoms with Gasteiger partial charge in [-0.1, -0.05) is 0 Å². The van der Waals surface area contributed by atoms with Gasteiger partial charge in [-0.2, -0.15) is 0 Å². The molecule has 0 bridgehead atoms. The molecule has 0 aromatic carbocycles. The van der Waals surface area contributed by atoms with Crippen LogP contribution in [0.2, 0.25) is 0 Å². The second-order valence-electron chi connectivity index (χ2n) is 3.45. The molecule has 1 saturated carbocycles. The summed E-state index contributed by atoms with van der Waals surface area (Å²) in [4.78, 5) is 18.5. The van der Waals surface area contributed by atoms with Gasteiger partial charge in [-0.3, -0.25) is 4.79 Å². The standard InChI is InChI=1S/C9H12N4O/c10-8(14)9-11-4-3-7(13-9)12-5-6-1-2-6/h3-4,6H,1-2,5H2,(H2,10,14)(H,12,13)/q+1. The van der Waals surface area contributed by atoms with E-state index in [0.29, 0.717) is 5.82 Å². The zero-order valence-electron chi connectivity index (χ0n) is 7.73. The predicted molar refractivity (Wildman–Crippen MR) is 53.6 cm³/mol. The van der Waals surface area contributed by atoms with Gasteiger partial charge in [0.2, 0.25) is 5.82 Å². The van der Waals surface area contributed by atoms with Crippen LogP contribution in [-0.2, 0) is 4.79 Å². The van der Waals surface area contributed by atoms with Crippen LogP contribution >= 0.6 is 0 Å². The molecule has 1 radical (unpaired) electrons. The van der Waals surface area contributed by atoms with Gasteiger partial charge in [-0.25, -0.2) is 0 Å². The number of aliphatic imine (C=N–C) groups is 2. The van der Waals surface area contributed by atoms with Crippen LogP contribution in [-0.4, -0.2) is 24.5 Å². The van der Waals surface area contributed by atoms with Crippen molar-refractivity contribution in [1.82, 2.24) is 10.3 Å². The fourth-order valence-corrected chi connectivity index (χ4v) is 1.15. The average Bonchev–Trinajstić information content (AvgIpc) is 2.99. The number of allylic oxidation sites excluding steroid dienone is 1. The summed E-state index contributed by atoms with van der Waals surface area (Å²) < 4.78 is 0. The summed E-state index contributed by atoms with van der Waals surface area (Å²) in [5.74, 6) is 0.897. The molecular formula is C9H12N4O+. The van der Waals surface area contributed by atoms with E-state index >= 15 is 0 Å². The van der Waals surface area contributed by atoms with E-state index in [-0.39, 0.29) is 5.84 Å². The first-order valence-corrected chi connectivity index (χ1v) is 4.62. The fourth-order valence-electron chi connectivity index (χ4n) is 1.15. The number of hydrogen-bond acceptors (Lipinski definition) is 4. The van der Waals surface area contributed by atoms with E-state index in [2.05, 4.69) is 15.3 Å². The first-order chi connectivity index (χ1) is 6.75. The Morgan fingerprint density at radius 1 is 1.71 bits per heavy atom. The van der Waals surface area contributed by atoms with E-state index in [4.69, 9.17) is 5.73 Å². The smallest absolute Gasteiger partial charge is 0.359 e. The first-order valence-electron chi connectivity index (χ1n) is 4.62. The molecule has 1 aliphatic carbocycles. The maximum absolute atomic E-state index is 10.8. The van der Waals surface area contributed by atoms with Gasteiger partial charge < -0.3 is 11.1 Å². The first kappa shape index (κ1) is 8.93. The molecule has 0 aromatic heterocycles. The van der Waals surface area contributed by atoms with Crippen molar-refractivity contribution >= 4 is 18.0 Å². The van der Waals surface area contributed by atoms with Crippen molar-refractivity contribution in [1.29, 1.82) is 0 Å². The Bertz CT molecular complexity index is 339. The van der Waals surface area contributed by atoms with Gasteiger partial charge >= 0.3 is 11.7 Å². The van der Waals surface area contributed by atoms with Crippen LogP contribution in [0.3, 0.4) is 0 Å². The highest BCUT2D eigenvalue weighted by Gasteiger charge is 2.24. The zero-order chi connectivity index (χ0) is 9.97. The van der Waals surface area contributed by atoms with Gasteiger partial charge in [0.1, 0.15) is 6.21 Å². The van der Waals surface area contributed by atoms with Crippen LogP contribution in [0.4, 0.5) is 0 Å². The minimum atomic E-state index is -0.597. The van der Waals surface area contributed by atoms with Gasteiger partial charge in [-0.05, 0) is 28.7 Å². The lowest BCUT2D eigenvalue weighted by atomic mass is 10.4. The highest BCUT2D eigenvalue weighted by atomic mass is 16.1. The average molecular weight is 192 g/mol. The summed E-state index contributed by atoms with van der Waals surface area (Å²) in [6.45, 7) is 0.912. The maximum atomic E-state index is 10.8. The molecule has 0 saturated heterocycles. The molecule has 0 atom stereocenters. The largest absolute Gasteiger partial charge is 0.431 e. The summed E-state index contributed by atoms with van der Waals surface area (Å²) in [5, 5.41) is 3.14. The lowest BCUT2D eigenvalue weighted by molar-refractivity contribution is -0.112. The minimum absolute atomic E-state index is 0.0609. The Labute approximate surface area is 81.8 Å². The zero-order valence-corrected chi connectivity index (χ0v) is 7.73. The van der Waals surface area contributed by atoms with Crippen molar-refractivity contribution in [3.63, 3.8) is 0 Å². The van der Waals surface area contributed by atoms with Gasteiger partial charge in [0.05, 0.1) is 6.08 Å². The second kappa shape index (κ2) is 3.61. The Morgan fingerprint density at radius 3 is 3.14 bits per heavy atom. The summed E-state index contributed by atoms with van der Waals surface area (Å²) in [5.41, 5.74) is 5.06. The quantitative estimate of drug-likeness (QED) is 0.607. The number of nitrogens with one attached hydrogen (secondary N) is 1. The predicted octanol–water partition coefficient (Wildman–Crippen LogP) is -0.869. The van der Waals surface area contributed by atoms with Crippen LogP contribution < -0.4 is 16.0 Å². The third kappa shape index (κ3) is 2.18. The molecule has 1 fully saturated rings. The molecule has 1 aliphatic heterocycles. The second-order valence-corrected chi connectivity index (χ2v) is 3.45. The van der Waals surface area contributed by atoms with E-state index in [1.165, 1.54) is 19.1 Å². The lowest BCUT2D eigenvalue weighted by Crippen LogP contribution is -2.30. The topological polar surface area (TPSA) is 81.6 Å². The molecule has 3 N–H and O–H groups in total. The Hall–Kier alpha value is -1.65. The fraction of sp³-hybridized carbons (Fsp3) is 0.444. The number of primary amides is 1. The van der Waals surface area contributed by atoms with E-state index in [1.807, 2.05) is 0 Å². The van der Waals surface area contributed by atoms with Crippen molar-refractivity contribution in [2.75, 3.05) is 6.54 Å². The summed E-state index contributed by atoms with van der Waals surface area (Å²) in [6, 6.07) is 0. The molecule has 0 aromatic rings. The molecule has 14 heavy (non-hydrogen) atoms. The summed E-state index contributed by atoms with van der Waals surface area (Å²) in [6.07, 6.45) is 5.82. The molecule has 1 heterocycles. The van der Waals surface area contributed by atoms with Gasteiger partial charge in [0.25, 0.3) is 0 Å². The SMILES string of the molecule is NC(=O)C1=NC(NCC2CC2)=CC=[N+]1. The number of carbonyl (C=O) groups excluding carboxylic acids is 1. The summed E-state index contributed by atoms with van der Waals surface area (Å²) in [7, 11) is 0. The van der Waals surface area contributed by atoms with Crippen LogP contribution in [0.5, 0.6) is 0 Å². The third-order valence-corrected chi connectivity index (χ3v) is 2.14. The number of nitrogens with two attached hydrogens (primary N) is 1. The van der Waals surface area contributed by atoms with Crippen molar-refractivity contribution in [2.24, 2.45) is 16.6 Å². The number of rotatable bonds is 4. The van der Waals surface area contributed by atoms with E-state index in [1.54, 1.807) is 6.08 Å². The van der Waals surface area contributed by atoms with E-state index in [0.717, 1.165) is 12.5 Å². The number of amides is 1. The molecule has 5 nitrogen and oxygen atoms in total. The molecule has 1 amide bonds. The molecule has 2 rings (SSSR count). The van der Waals surface area contributed by atoms with Gasteiger partial charge in [0.15, 0.2) is 0 Å². The van der Waals surface area contributed by atoms with Crippen LogP contribution in [0.15, 0.2) is 16.9 Å². The number of amidine groups is 1. The highest BCUT2D eigenvalue weighted by Crippen LogP contribution is 2.27. The summed E-state index contributed by atoms with van der Waals surface area (Å²) >= 11 is 0. The van der Waals surface area contributed by atoms with Crippen molar-refractivity contribution in [3.8, 4) is 0 Å². The monoisotopic (exact) mass is 192 g/mol. The number of hydrogen-bond donors (Lipinski definition) is 2. The third-order valence-electron chi connectivity index (χ3n) is 2.14. The number of nitrogens with zero attached hydrogens (tertiary/aromatic N) is 2. The van der Waals surface area contributed by atoms with Crippen LogP contribution in [0.1, 0.15) is 12.8 Å². The normalized spacial score (nSPS) is 20.0. The highest BCUT2D eigenvalue weighted by molar-refractivity contribution is 6.38. The Kier molecular flexibility index (Phi) is 2.30. The van der Waals surface area contributed by atoms with Crippen LogP contribution in [0, 0.1) is 5.92 Å². The molecule has 2 aliphatic rings. The van der Waals surface area contributed by atoms with E-state index < -0.39 is 5.91 Å². The van der Waals surface area contributed by atoms with Crippen LogP contribution in [0.25, 0.3) is 0 Å². The Balaban J connectivity index is 1.95. The maximum Gasteiger partial charge on any atom is 0.431 e. The Morgan fingerprint density at radius 2 is 2.50 bits per heavy atom. The molecule has 5 heteroatoms. The number of carbonyl (C=O) groups is 1. The van der Waals surface area contributed by atoms with Crippen molar-refractivity contribution < 1.29 is 4.79 Å². The van der Waals surface area contributed by atoms with Crippen molar-refractivity contribution in [2.45, 2.75) is 12.8 Å². The van der Waals surface area contributed by atoms with Crippen molar-refractivity contribution in [3.05, 3.63) is 11.9 Å². The van der Waals surface area contributed by atoms with Gasteiger partial charge in [0, 0.05) is 6.54 Å².